The second-order valence-corrected chi connectivity index (χ2v) is 3.72. The molecule has 88 valence electrons. The Balaban J connectivity index is 0.000000172. The molecular weight excluding hydrogens is 242 g/mol. The highest BCUT2D eigenvalue weighted by Gasteiger charge is 1.89. The number of para-hydroxylation sites is 1. The minimum Gasteiger partial charge on any atom is -0.478 e. The number of fused-ring (bicyclic) bond motifs is 1. The van der Waals surface area contributed by atoms with Crippen LogP contribution in [0.5, 0.6) is 0 Å². The first-order chi connectivity index (χ1) is 8.09. The second-order valence-electron chi connectivity index (χ2n) is 2.83. The lowest BCUT2D eigenvalue weighted by molar-refractivity contribution is -0.134. The largest absolute Gasteiger partial charge is 0.478 e. The third-order valence-corrected chi connectivity index (χ3v) is 2.42. The van der Waals surface area contributed by atoms with E-state index in [1.54, 1.807) is 11.3 Å². The second kappa shape index (κ2) is 6.39. The van der Waals surface area contributed by atoms with Crippen LogP contribution in [0, 0.1) is 0 Å². The topological polar surface area (TPSA) is 87.5 Å². The average Bonchev–Trinajstić information content (AvgIpc) is 2.75. The van der Waals surface area contributed by atoms with Crippen LogP contribution in [-0.2, 0) is 9.59 Å². The van der Waals surface area contributed by atoms with Gasteiger partial charge < -0.3 is 10.2 Å². The molecule has 0 unspecified atom stereocenters. The van der Waals surface area contributed by atoms with Crippen LogP contribution in [0.25, 0.3) is 10.2 Å². The number of hydrogen-bond acceptors (Lipinski definition) is 4. The summed E-state index contributed by atoms with van der Waals surface area (Å²) >= 11 is 1.68. The molecule has 6 heteroatoms. The Kier molecular flexibility index (Phi) is 4.83. The van der Waals surface area contributed by atoms with E-state index in [1.807, 2.05) is 23.7 Å². The van der Waals surface area contributed by atoms with Gasteiger partial charge in [0.1, 0.15) is 0 Å². The Hall–Kier alpha value is -2.21. The van der Waals surface area contributed by atoms with Gasteiger partial charge in [0.25, 0.3) is 0 Å². The van der Waals surface area contributed by atoms with Gasteiger partial charge in [0.2, 0.25) is 0 Å². The van der Waals surface area contributed by atoms with E-state index >= 15 is 0 Å². The van der Waals surface area contributed by atoms with Crippen molar-refractivity contribution in [2.24, 2.45) is 0 Å². The quantitative estimate of drug-likeness (QED) is 0.797. The van der Waals surface area contributed by atoms with Crippen LogP contribution in [0.1, 0.15) is 0 Å². The van der Waals surface area contributed by atoms with Gasteiger partial charge in [0.05, 0.1) is 15.7 Å². The van der Waals surface area contributed by atoms with Gasteiger partial charge in [0.15, 0.2) is 0 Å². The predicted molar refractivity (Wildman–Crippen MR) is 64.0 cm³/mol. The molecule has 17 heavy (non-hydrogen) atoms. The van der Waals surface area contributed by atoms with Crippen molar-refractivity contribution in [3.05, 3.63) is 41.9 Å². The Bertz CT molecular complexity index is 501. The highest BCUT2D eigenvalue weighted by atomic mass is 32.1. The van der Waals surface area contributed by atoms with Gasteiger partial charge in [-0.25, -0.2) is 14.6 Å². The fourth-order valence-electron chi connectivity index (χ4n) is 0.946. The highest BCUT2D eigenvalue weighted by Crippen LogP contribution is 2.15. The van der Waals surface area contributed by atoms with Crippen molar-refractivity contribution in [3.8, 4) is 0 Å². The molecule has 0 amide bonds. The van der Waals surface area contributed by atoms with E-state index in [2.05, 4.69) is 11.1 Å². The van der Waals surface area contributed by atoms with Crippen molar-refractivity contribution in [3.63, 3.8) is 0 Å². The smallest absolute Gasteiger partial charge is 0.328 e. The predicted octanol–water partition coefficient (Wildman–Crippen LogP) is 2.01. The number of carboxylic acid groups (broad SMARTS) is 2. The van der Waals surface area contributed by atoms with Crippen LogP contribution in [0.2, 0.25) is 0 Å². The van der Waals surface area contributed by atoms with Crippen LogP contribution in [0.15, 0.2) is 41.9 Å². The van der Waals surface area contributed by atoms with E-state index < -0.39 is 11.9 Å². The molecule has 2 aromatic rings. The van der Waals surface area contributed by atoms with Gasteiger partial charge in [-0.2, -0.15) is 0 Å². The number of rotatable bonds is 2. The zero-order valence-electron chi connectivity index (χ0n) is 8.61. The first kappa shape index (κ1) is 12.9. The summed E-state index contributed by atoms with van der Waals surface area (Å²) < 4.78 is 1.26. The molecule has 0 aliphatic rings. The zero-order valence-corrected chi connectivity index (χ0v) is 9.42. The Morgan fingerprint density at radius 2 is 1.71 bits per heavy atom. The molecule has 1 heterocycles. The Morgan fingerprint density at radius 1 is 1.12 bits per heavy atom. The van der Waals surface area contributed by atoms with Gasteiger partial charge in [-0.1, -0.05) is 12.1 Å². The number of benzene rings is 1. The average molecular weight is 251 g/mol. The summed E-state index contributed by atoms with van der Waals surface area (Å²) in [4.78, 5) is 23.2. The van der Waals surface area contributed by atoms with Gasteiger partial charge in [-0.3, -0.25) is 0 Å². The molecule has 0 atom stereocenters. The Morgan fingerprint density at radius 3 is 2.24 bits per heavy atom. The monoisotopic (exact) mass is 251 g/mol. The van der Waals surface area contributed by atoms with Crippen molar-refractivity contribution >= 4 is 33.5 Å². The summed E-state index contributed by atoms with van der Waals surface area (Å²) in [7, 11) is 0. The van der Waals surface area contributed by atoms with E-state index in [0.717, 1.165) is 5.52 Å². The third-order valence-electron chi connectivity index (χ3n) is 1.61. The standard InChI is InChI=1S/C7H5NS.C4H4O4/c1-2-4-7-6(3-1)8-5-9-7;5-3(6)1-2-4(7)8/h1-5H;1-2H,(H,5,6)(H,7,8)/b;2-1+. The molecule has 0 aliphatic carbocycles. The van der Waals surface area contributed by atoms with Crippen molar-refractivity contribution in [1.82, 2.24) is 4.98 Å². The normalized spacial score (nSPS) is 9.88. The van der Waals surface area contributed by atoms with Gasteiger partial charge in [0, 0.05) is 12.2 Å². The lowest BCUT2D eigenvalue weighted by atomic mass is 10.3. The molecule has 2 N–H and O–H groups in total. The van der Waals surface area contributed by atoms with Crippen LogP contribution in [0.4, 0.5) is 0 Å². The van der Waals surface area contributed by atoms with E-state index in [1.165, 1.54) is 4.70 Å². The van der Waals surface area contributed by atoms with Crippen molar-refractivity contribution < 1.29 is 19.8 Å². The van der Waals surface area contributed by atoms with Crippen LogP contribution in [0.3, 0.4) is 0 Å². The molecule has 0 aliphatic heterocycles. The third kappa shape index (κ3) is 4.89. The first-order valence-corrected chi connectivity index (χ1v) is 5.39. The van der Waals surface area contributed by atoms with E-state index in [0.29, 0.717) is 12.2 Å². The summed E-state index contributed by atoms with van der Waals surface area (Å²) in [5.74, 6) is -2.51. The number of carboxylic acids is 2. The van der Waals surface area contributed by atoms with Gasteiger partial charge in [-0.05, 0) is 12.1 Å². The van der Waals surface area contributed by atoms with Crippen LogP contribution < -0.4 is 0 Å². The molecule has 0 radical (unpaired) electrons. The van der Waals surface area contributed by atoms with E-state index in [9.17, 15) is 9.59 Å². The maximum absolute atomic E-state index is 9.55. The SMILES string of the molecule is O=C(O)/C=C/C(=O)O.c1ccc2scnc2c1. The maximum Gasteiger partial charge on any atom is 0.328 e. The van der Waals surface area contributed by atoms with Crippen LogP contribution >= 0.6 is 11.3 Å². The lowest BCUT2D eigenvalue weighted by Crippen LogP contribution is -1.91. The fourth-order valence-corrected chi connectivity index (χ4v) is 1.62. The summed E-state index contributed by atoms with van der Waals surface area (Å²) in [5, 5.41) is 15.6. The highest BCUT2D eigenvalue weighted by molar-refractivity contribution is 7.16. The molecule has 1 aromatic carbocycles. The zero-order chi connectivity index (χ0) is 12.7. The molecule has 2 rings (SSSR count). The lowest BCUT2D eigenvalue weighted by Gasteiger charge is -1.80. The van der Waals surface area contributed by atoms with Crippen molar-refractivity contribution in [2.45, 2.75) is 0 Å². The molecule has 0 bridgehead atoms. The summed E-state index contributed by atoms with van der Waals surface area (Å²) in [5.41, 5.74) is 2.97. The number of carbonyl (C=O) groups is 2. The minimum absolute atomic E-state index is 0.558. The minimum atomic E-state index is -1.26. The Labute approximate surface area is 101 Å². The van der Waals surface area contributed by atoms with Crippen LogP contribution in [-0.4, -0.2) is 27.1 Å². The molecular formula is C11H9NO4S. The molecule has 0 saturated heterocycles. The molecule has 1 aromatic heterocycles. The number of aromatic nitrogens is 1. The molecule has 0 saturated carbocycles. The maximum atomic E-state index is 9.55. The summed E-state index contributed by atoms with van der Waals surface area (Å²) in [6.45, 7) is 0. The van der Waals surface area contributed by atoms with Crippen molar-refractivity contribution in [2.75, 3.05) is 0 Å². The number of nitrogens with zero attached hydrogens (tertiary/aromatic N) is 1. The van der Waals surface area contributed by atoms with Gasteiger partial charge >= 0.3 is 11.9 Å². The number of aliphatic carboxylic acids is 2. The summed E-state index contributed by atoms with van der Waals surface area (Å²) in [6, 6.07) is 8.13. The molecule has 0 fully saturated rings. The summed E-state index contributed by atoms with van der Waals surface area (Å²) in [6.07, 6.45) is 1.12. The van der Waals surface area contributed by atoms with Gasteiger partial charge in [-0.15, -0.1) is 11.3 Å². The fraction of sp³-hybridized carbons (Fsp3) is 0. The first-order valence-electron chi connectivity index (χ1n) is 4.52. The number of hydrogen-bond donors (Lipinski definition) is 2. The van der Waals surface area contributed by atoms with Crippen molar-refractivity contribution in [1.29, 1.82) is 0 Å². The van der Waals surface area contributed by atoms with E-state index in [4.69, 9.17) is 10.2 Å². The van der Waals surface area contributed by atoms with E-state index in [-0.39, 0.29) is 0 Å². The molecule has 5 nitrogen and oxygen atoms in total. The number of thiazole rings is 1. The molecule has 0 spiro atoms.